The van der Waals surface area contributed by atoms with E-state index in [1.54, 1.807) is 6.92 Å². The van der Waals surface area contributed by atoms with Gasteiger partial charge >= 0.3 is 5.97 Å². The standard InChI is InChI=1S/C34H52O10/c1-16-12-26(44-30(40)17(16)2)34(5,41)24-9-8-21-20-7-6-18-13-19(42-31-29(39)28(38)27(37)23(15-35)43-31)14-25(36)33(18,4)22(20)10-11-32(21,24)3/h13,19-29,31,35-39,41H,6-12,14-15H2,1-5H3/t19-,20+,21+,22+,23-,24-,25+,26-,27-,28+,29-,31-,32+,33+,34-/m1/s1. The maximum atomic E-state index is 12.6. The minimum atomic E-state index is -1.52. The van der Waals surface area contributed by atoms with Gasteiger partial charge in [0.15, 0.2) is 6.29 Å². The highest BCUT2D eigenvalue weighted by molar-refractivity contribution is 5.89. The van der Waals surface area contributed by atoms with Crippen molar-refractivity contribution in [3.8, 4) is 0 Å². The van der Waals surface area contributed by atoms with Crippen LogP contribution in [-0.2, 0) is 19.0 Å². The van der Waals surface area contributed by atoms with Crippen LogP contribution in [0.3, 0.4) is 0 Å². The number of hydrogen-bond acceptors (Lipinski definition) is 10. The highest BCUT2D eigenvalue weighted by Gasteiger charge is 2.64. The predicted molar refractivity (Wildman–Crippen MR) is 159 cm³/mol. The molecular weight excluding hydrogens is 568 g/mol. The second kappa shape index (κ2) is 11.4. The normalized spacial score (nSPS) is 50.6. The summed E-state index contributed by atoms with van der Waals surface area (Å²) in [6.45, 7) is 9.58. The number of aliphatic hydroxyl groups excluding tert-OH is 5. The number of aliphatic hydroxyl groups is 6. The largest absolute Gasteiger partial charge is 0.456 e. The number of hydrogen-bond donors (Lipinski definition) is 6. The van der Waals surface area contributed by atoms with Crippen LogP contribution in [0.4, 0.5) is 0 Å². The molecule has 6 N–H and O–H groups in total. The van der Waals surface area contributed by atoms with Gasteiger partial charge < -0.3 is 44.8 Å². The molecule has 0 bridgehead atoms. The maximum Gasteiger partial charge on any atom is 0.334 e. The van der Waals surface area contributed by atoms with Crippen molar-refractivity contribution in [3.63, 3.8) is 0 Å². The minimum absolute atomic E-state index is 0.00213. The predicted octanol–water partition coefficient (Wildman–Crippen LogP) is 2.12. The van der Waals surface area contributed by atoms with Crippen molar-refractivity contribution in [1.29, 1.82) is 0 Å². The third-order valence-corrected chi connectivity index (χ3v) is 13.4. The van der Waals surface area contributed by atoms with Crippen LogP contribution in [-0.4, -0.2) is 97.8 Å². The van der Waals surface area contributed by atoms with Gasteiger partial charge in [-0.1, -0.05) is 31.1 Å². The molecule has 0 unspecified atom stereocenters. The molecule has 3 saturated carbocycles. The van der Waals surface area contributed by atoms with Gasteiger partial charge in [-0.3, -0.25) is 0 Å². The Labute approximate surface area is 260 Å². The van der Waals surface area contributed by atoms with E-state index in [2.05, 4.69) is 19.9 Å². The van der Waals surface area contributed by atoms with Crippen molar-refractivity contribution in [2.45, 2.75) is 141 Å². The van der Waals surface area contributed by atoms with Gasteiger partial charge in [-0.05, 0) is 88.4 Å². The molecule has 0 spiro atoms. The monoisotopic (exact) mass is 620 g/mol. The van der Waals surface area contributed by atoms with E-state index in [1.165, 1.54) is 0 Å². The summed E-state index contributed by atoms with van der Waals surface area (Å²) in [7, 11) is 0. The molecule has 44 heavy (non-hydrogen) atoms. The average molecular weight is 621 g/mol. The summed E-state index contributed by atoms with van der Waals surface area (Å²) < 4.78 is 17.4. The molecule has 0 amide bonds. The van der Waals surface area contributed by atoms with Gasteiger partial charge in [0.1, 0.15) is 36.1 Å². The first-order valence-electron chi connectivity index (χ1n) is 16.6. The summed E-state index contributed by atoms with van der Waals surface area (Å²) in [5, 5.41) is 64.2. The van der Waals surface area contributed by atoms with E-state index in [-0.39, 0.29) is 23.2 Å². The fourth-order valence-corrected chi connectivity index (χ4v) is 10.6. The van der Waals surface area contributed by atoms with Crippen LogP contribution in [0.1, 0.15) is 86.0 Å². The van der Waals surface area contributed by atoms with Crippen LogP contribution in [0.15, 0.2) is 22.8 Å². The number of carbonyl (C=O) groups is 1. The van der Waals surface area contributed by atoms with Gasteiger partial charge in [0.05, 0.1) is 18.8 Å². The Morgan fingerprint density at radius 3 is 2.43 bits per heavy atom. The summed E-state index contributed by atoms with van der Waals surface area (Å²) in [5.41, 5.74) is 1.08. The van der Waals surface area contributed by atoms with Gasteiger partial charge in [0.25, 0.3) is 0 Å². The lowest BCUT2D eigenvalue weighted by atomic mass is 9.45. The quantitative estimate of drug-likeness (QED) is 0.198. The summed E-state index contributed by atoms with van der Waals surface area (Å²) in [4.78, 5) is 12.6. The Hall–Kier alpha value is -1.37. The molecule has 248 valence electrons. The molecule has 6 aliphatic rings. The van der Waals surface area contributed by atoms with E-state index in [1.807, 2.05) is 13.8 Å². The molecule has 0 aromatic rings. The molecule has 2 heterocycles. The summed E-state index contributed by atoms with van der Waals surface area (Å²) in [6.07, 6.45) is -0.139. The Morgan fingerprint density at radius 2 is 1.75 bits per heavy atom. The Balaban J connectivity index is 1.19. The zero-order valence-corrected chi connectivity index (χ0v) is 26.7. The van der Waals surface area contributed by atoms with Crippen molar-refractivity contribution < 1.29 is 49.6 Å². The SMILES string of the molecule is CC1=C(C)C(=O)O[C@@H]([C@](C)(O)[C@@H]2CC[C@H]3[C@@H]4CCC5=C[C@@H](O[C@@H]6O[C@H](CO)[C@@H](O)[C@H](O)[C@H]6O)C[C@H](O)[C@]5(C)[C@H]4CC[C@@]32C)C1. The molecule has 0 radical (unpaired) electrons. The van der Waals surface area contributed by atoms with E-state index in [0.717, 1.165) is 49.7 Å². The molecule has 4 aliphatic carbocycles. The van der Waals surface area contributed by atoms with Gasteiger partial charge in [-0.15, -0.1) is 0 Å². The van der Waals surface area contributed by atoms with Crippen LogP contribution >= 0.6 is 0 Å². The molecule has 0 aromatic heterocycles. The summed E-state index contributed by atoms with van der Waals surface area (Å²) in [6, 6.07) is 0. The van der Waals surface area contributed by atoms with E-state index < -0.39 is 66.6 Å². The van der Waals surface area contributed by atoms with Gasteiger partial charge in [0, 0.05) is 23.8 Å². The van der Waals surface area contributed by atoms with Gasteiger partial charge in [-0.25, -0.2) is 4.79 Å². The summed E-state index contributed by atoms with van der Waals surface area (Å²) >= 11 is 0. The lowest BCUT2D eigenvalue weighted by Crippen LogP contribution is -2.60. The van der Waals surface area contributed by atoms with E-state index in [0.29, 0.717) is 30.3 Å². The van der Waals surface area contributed by atoms with Crippen molar-refractivity contribution >= 4 is 5.97 Å². The van der Waals surface area contributed by atoms with E-state index in [9.17, 15) is 35.4 Å². The molecule has 6 rings (SSSR count). The Bertz CT molecular complexity index is 1190. The first kappa shape index (κ1) is 32.6. The highest BCUT2D eigenvalue weighted by atomic mass is 16.7. The van der Waals surface area contributed by atoms with Crippen molar-refractivity contribution in [1.82, 2.24) is 0 Å². The maximum absolute atomic E-state index is 12.6. The first-order chi connectivity index (χ1) is 20.6. The van der Waals surface area contributed by atoms with Crippen LogP contribution in [0.2, 0.25) is 0 Å². The Morgan fingerprint density at radius 1 is 1.02 bits per heavy atom. The molecule has 10 heteroatoms. The molecule has 15 atom stereocenters. The number of esters is 1. The van der Waals surface area contributed by atoms with Crippen LogP contribution in [0.25, 0.3) is 0 Å². The number of fused-ring (bicyclic) bond motifs is 5. The van der Waals surface area contributed by atoms with Gasteiger partial charge in [-0.2, -0.15) is 0 Å². The zero-order chi connectivity index (χ0) is 31.9. The van der Waals surface area contributed by atoms with E-state index in [4.69, 9.17) is 14.2 Å². The van der Waals surface area contributed by atoms with Crippen molar-refractivity contribution in [2.24, 2.45) is 34.5 Å². The minimum Gasteiger partial charge on any atom is -0.456 e. The van der Waals surface area contributed by atoms with Crippen LogP contribution < -0.4 is 0 Å². The van der Waals surface area contributed by atoms with Crippen LogP contribution in [0.5, 0.6) is 0 Å². The fraction of sp³-hybridized carbons (Fsp3) is 0.853. The number of rotatable bonds is 5. The Kier molecular flexibility index (Phi) is 8.44. The number of ether oxygens (including phenoxy) is 3. The fourth-order valence-electron chi connectivity index (χ4n) is 10.6. The van der Waals surface area contributed by atoms with Crippen LogP contribution in [0, 0.1) is 34.5 Å². The number of cyclic esters (lactones) is 1. The molecular formula is C34H52O10. The molecule has 1 saturated heterocycles. The molecule has 2 aliphatic heterocycles. The molecule has 0 aromatic carbocycles. The number of carbonyl (C=O) groups excluding carboxylic acids is 1. The van der Waals surface area contributed by atoms with Crippen molar-refractivity contribution in [3.05, 3.63) is 22.8 Å². The first-order valence-corrected chi connectivity index (χ1v) is 16.6. The molecule has 4 fully saturated rings. The average Bonchev–Trinajstić information content (AvgIpc) is 3.34. The highest BCUT2D eigenvalue weighted by Crippen LogP contribution is 2.68. The lowest BCUT2D eigenvalue weighted by molar-refractivity contribution is -0.310. The third kappa shape index (κ3) is 4.86. The topological polar surface area (TPSA) is 166 Å². The zero-order valence-electron chi connectivity index (χ0n) is 26.7. The second-order valence-electron chi connectivity index (χ2n) is 15.4. The summed E-state index contributed by atoms with van der Waals surface area (Å²) in [5.74, 6) is 0.730. The smallest absolute Gasteiger partial charge is 0.334 e. The molecule has 10 nitrogen and oxygen atoms in total. The van der Waals surface area contributed by atoms with Crippen molar-refractivity contribution in [2.75, 3.05) is 6.61 Å². The van der Waals surface area contributed by atoms with E-state index >= 15 is 0 Å². The lowest BCUT2D eigenvalue weighted by Gasteiger charge is -2.60. The van der Waals surface area contributed by atoms with Gasteiger partial charge in [0.2, 0.25) is 0 Å². The second-order valence-corrected chi connectivity index (χ2v) is 15.4. The third-order valence-electron chi connectivity index (χ3n) is 13.4.